The molecular weight excluding hydrogens is 392 g/mol. The summed E-state index contributed by atoms with van der Waals surface area (Å²) >= 11 is 5.84. The molecule has 2 N–H and O–H groups in total. The second-order valence-corrected chi connectivity index (χ2v) is 6.91. The van der Waals surface area contributed by atoms with Gasteiger partial charge in [-0.2, -0.15) is 5.26 Å². The Hall–Kier alpha value is -3.69. The van der Waals surface area contributed by atoms with Crippen molar-refractivity contribution in [2.75, 3.05) is 0 Å². The zero-order valence-electron chi connectivity index (χ0n) is 15.3. The van der Waals surface area contributed by atoms with E-state index in [0.29, 0.717) is 27.7 Å². The van der Waals surface area contributed by atoms with Crippen molar-refractivity contribution in [3.05, 3.63) is 93.7 Å². The zero-order valence-corrected chi connectivity index (χ0v) is 16.1. The zero-order chi connectivity index (χ0) is 20.5. The average Bonchev–Trinajstić information content (AvgIpc) is 3.13. The lowest BCUT2D eigenvalue weighted by atomic mass is 9.87. The number of benzene rings is 2. The molecule has 1 aliphatic rings. The van der Waals surface area contributed by atoms with Gasteiger partial charge in [0.1, 0.15) is 34.7 Å². The van der Waals surface area contributed by atoms with E-state index in [0.717, 1.165) is 5.76 Å². The lowest BCUT2D eigenvalue weighted by Gasteiger charge is -2.25. The van der Waals surface area contributed by atoms with Gasteiger partial charge in [0.15, 0.2) is 0 Å². The lowest BCUT2D eigenvalue weighted by Crippen LogP contribution is -2.21. The molecule has 0 saturated heterocycles. The van der Waals surface area contributed by atoms with E-state index in [1.165, 1.54) is 0 Å². The molecule has 2 aromatic carbocycles. The Kier molecular flexibility index (Phi) is 4.75. The van der Waals surface area contributed by atoms with Gasteiger partial charge in [0.2, 0.25) is 5.88 Å². The van der Waals surface area contributed by atoms with E-state index in [1.807, 2.05) is 13.0 Å². The molecule has 0 amide bonds. The fourth-order valence-electron chi connectivity index (χ4n) is 3.15. The fraction of sp³-hybridized carbons (Fsp3) is 0.0909. The van der Waals surface area contributed by atoms with Crippen molar-refractivity contribution in [2.45, 2.75) is 12.8 Å². The molecule has 0 aliphatic carbocycles. The third kappa shape index (κ3) is 3.56. The van der Waals surface area contributed by atoms with Gasteiger partial charge in [0, 0.05) is 16.7 Å². The topological polar surface area (TPSA) is 98.5 Å². The Morgan fingerprint density at radius 1 is 1.17 bits per heavy atom. The molecule has 0 fully saturated rings. The molecule has 1 aromatic heterocycles. The number of nitriles is 1. The predicted molar refractivity (Wildman–Crippen MR) is 106 cm³/mol. The molecule has 3 aromatic rings. The summed E-state index contributed by atoms with van der Waals surface area (Å²) in [4.78, 5) is 12.3. The minimum absolute atomic E-state index is 0.0137. The number of allylic oxidation sites excluding steroid dienone is 1. The Bertz CT molecular complexity index is 1170. The van der Waals surface area contributed by atoms with E-state index in [-0.39, 0.29) is 17.2 Å². The minimum Gasteiger partial charge on any atom is -0.465 e. The molecule has 144 valence electrons. The van der Waals surface area contributed by atoms with E-state index in [9.17, 15) is 10.1 Å². The first-order valence-electron chi connectivity index (χ1n) is 8.72. The van der Waals surface area contributed by atoms with Gasteiger partial charge in [-0.3, -0.25) is 0 Å². The van der Waals surface area contributed by atoms with Crippen LogP contribution >= 0.6 is 11.6 Å². The van der Waals surface area contributed by atoms with Gasteiger partial charge in [-0.15, -0.1) is 0 Å². The number of carbonyl (C=O) groups is 1. The van der Waals surface area contributed by atoms with Crippen LogP contribution in [0.5, 0.6) is 11.5 Å². The van der Waals surface area contributed by atoms with Crippen molar-refractivity contribution in [1.29, 1.82) is 5.26 Å². The highest BCUT2D eigenvalue weighted by Crippen LogP contribution is 2.43. The van der Waals surface area contributed by atoms with Crippen LogP contribution in [0.3, 0.4) is 0 Å². The number of furan rings is 1. The summed E-state index contributed by atoms with van der Waals surface area (Å²) in [7, 11) is 0. The lowest BCUT2D eigenvalue weighted by molar-refractivity contribution is 0.0734. The first kappa shape index (κ1) is 18.7. The van der Waals surface area contributed by atoms with Crippen molar-refractivity contribution < 1.29 is 18.7 Å². The smallest absolute Gasteiger partial charge is 0.343 e. The monoisotopic (exact) mass is 406 g/mol. The summed E-state index contributed by atoms with van der Waals surface area (Å²) in [6, 6.07) is 17.0. The molecule has 0 saturated carbocycles. The van der Waals surface area contributed by atoms with E-state index in [1.54, 1.807) is 48.5 Å². The van der Waals surface area contributed by atoms with Crippen LogP contribution in [0.15, 0.2) is 70.5 Å². The maximum atomic E-state index is 12.3. The Balaban J connectivity index is 1.67. The molecule has 7 heteroatoms. The average molecular weight is 407 g/mol. The van der Waals surface area contributed by atoms with Crippen molar-refractivity contribution in [3.63, 3.8) is 0 Å². The standard InChI is InChI=1S/C22H15ClN2O4/c1-12-2-9-18(27-12)20-16-8-7-15(10-19(16)29-21(25)17(20)11-24)28-22(26)13-3-5-14(23)6-4-13/h2-10,20H,25H2,1H3. The molecule has 1 aliphatic heterocycles. The Morgan fingerprint density at radius 3 is 2.59 bits per heavy atom. The number of carbonyl (C=O) groups excluding carboxylic acids is 1. The van der Waals surface area contributed by atoms with E-state index in [4.69, 9.17) is 31.2 Å². The molecule has 4 rings (SSSR count). The maximum Gasteiger partial charge on any atom is 0.343 e. The molecule has 1 atom stereocenters. The number of rotatable bonds is 3. The van der Waals surface area contributed by atoms with Crippen LogP contribution in [0.2, 0.25) is 5.02 Å². The quantitative estimate of drug-likeness (QED) is 0.501. The molecule has 6 nitrogen and oxygen atoms in total. The summed E-state index contributed by atoms with van der Waals surface area (Å²) < 4.78 is 16.8. The van der Waals surface area contributed by atoms with Crippen molar-refractivity contribution in [1.82, 2.24) is 0 Å². The maximum absolute atomic E-state index is 12.3. The van der Waals surface area contributed by atoms with E-state index in [2.05, 4.69) is 6.07 Å². The highest BCUT2D eigenvalue weighted by molar-refractivity contribution is 6.30. The Morgan fingerprint density at radius 2 is 1.93 bits per heavy atom. The summed E-state index contributed by atoms with van der Waals surface area (Å²) in [6.45, 7) is 1.82. The third-order valence-corrected chi connectivity index (χ3v) is 4.78. The highest BCUT2D eigenvalue weighted by atomic mass is 35.5. The van der Waals surface area contributed by atoms with Crippen molar-refractivity contribution in [2.24, 2.45) is 5.73 Å². The SMILES string of the molecule is Cc1ccc(C2C(C#N)=C(N)Oc3cc(OC(=O)c4ccc(Cl)cc4)ccc32)o1. The predicted octanol–water partition coefficient (Wildman–Crippen LogP) is 4.68. The van der Waals surface area contributed by atoms with Gasteiger partial charge in [-0.05, 0) is 49.4 Å². The number of aryl methyl sites for hydroxylation is 1. The normalized spacial score (nSPS) is 15.3. The van der Waals surface area contributed by atoms with Crippen LogP contribution in [0.1, 0.15) is 33.4 Å². The van der Waals surface area contributed by atoms with E-state index < -0.39 is 11.9 Å². The first-order valence-corrected chi connectivity index (χ1v) is 9.09. The highest BCUT2D eigenvalue weighted by Gasteiger charge is 2.33. The minimum atomic E-state index is -0.531. The summed E-state index contributed by atoms with van der Waals surface area (Å²) in [5.74, 6) is 0.929. The van der Waals surface area contributed by atoms with Crippen molar-refractivity contribution >= 4 is 17.6 Å². The molecule has 0 radical (unpaired) electrons. The first-order chi connectivity index (χ1) is 14.0. The number of hydrogen-bond acceptors (Lipinski definition) is 6. The van der Waals surface area contributed by atoms with Crippen molar-refractivity contribution in [3.8, 4) is 17.6 Å². The van der Waals surface area contributed by atoms with Gasteiger partial charge in [0.25, 0.3) is 0 Å². The summed E-state index contributed by atoms with van der Waals surface area (Å²) in [5, 5.41) is 10.1. The number of halogens is 1. The molecule has 0 bridgehead atoms. The number of nitrogens with zero attached hydrogens (tertiary/aromatic N) is 1. The molecular formula is C22H15ClN2O4. The molecule has 2 heterocycles. The Labute approximate surface area is 171 Å². The number of hydrogen-bond donors (Lipinski definition) is 1. The van der Waals surface area contributed by atoms with Gasteiger partial charge >= 0.3 is 5.97 Å². The second kappa shape index (κ2) is 7.38. The number of esters is 1. The van der Waals surface area contributed by atoms with Crippen LogP contribution < -0.4 is 15.2 Å². The van der Waals surface area contributed by atoms with Crippen LogP contribution in [0.25, 0.3) is 0 Å². The number of ether oxygens (including phenoxy) is 2. The molecule has 0 spiro atoms. The number of nitrogens with two attached hydrogens (primary N) is 1. The van der Waals surface area contributed by atoms with Gasteiger partial charge in [-0.1, -0.05) is 17.7 Å². The second-order valence-electron chi connectivity index (χ2n) is 6.47. The largest absolute Gasteiger partial charge is 0.465 e. The van der Waals surface area contributed by atoms with Crippen LogP contribution in [-0.2, 0) is 0 Å². The van der Waals surface area contributed by atoms with Gasteiger partial charge in [0.05, 0.1) is 11.5 Å². The van der Waals surface area contributed by atoms with Crippen LogP contribution in [0, 0.1) is 18.3 Å². The summed E-state index contributed by atoms with van der Waals surface area (Å²) in [6.07, 6.45) is 0. The van der Waals surface area contributed by atoms with Crippen LogP contribution in [0.4, 0.5) is 0 Å². The van der Waals surface area contributed by atoms with Crippen LogP contribution in [-0.4, -0.2) is 5.97 Å². The van der Waals surface area contributed by atoms with E-state index >= 15 is 0 Å². The number of fused-ring (bicyclic) bond motifs is 1. The molecule has 1 unspecified atom stereocenters. The van der Waals surface area contributed by atoms with Gasteiger partial charge in [-0.25, -0.2) is 4.79 Å². The fourth-order valence-corrected chi connectivity index (χ4v) is 3.28. The third-order valence-electron chi connectivity index (χ3n) is 4.53. The summed E-state index contributed by atoms with van der Waals surface area (Å²) in [5.41, 5.74) is 7.29. The van der Waals surface area contributed by atoms with Gasteiger partial charge < -0.3 is 19.6 Å². The molecule has 29 heavy (non-hydrogen) atoms.